The molecule has 0 atom stereocenters. The fourth-order valence-corrected chi connectivity index (χ4v) is 3.66. The monoisotopic (exact) mass is 328 g/mol. The number of aromatic nitrogens is 3. The van der Waals surface area contributed by atoms with E-state index in [-0.39, 0.29) is 0 Å². The summed E-state index contributed by atoms with van der Waals surface area (Å²) in [6.07, 6.45) is 7.09. The van der Waals surface area contributed by atoms with E-state index < -0.39 is 0 Å². The van der Waals surface area contributed by atoms with Crippen molar-refractivity contribution < 1.29 is 0 Å². The largest absolute Gasteiger partial charge is 0.315 e. The van der Waals surface area contributed by atoms with Gasteiger partial charge < -0.3 is 5.32 Å². The standard InChI is InChI=1S/C16H16N4S2/c1-10-6-12(21-3)7-11(2)15(10)13-9-22-16(19-13)20-14-8-17-4-5-18-14/h4-9H,1-3H3,(H,18,19,20). The summed E-state index contributed by atoms with van der Waals surface area (Å²) in [5.74, 6) is 0.703. The molecular formula is C16H16N4S2. The maximum atomic E-state index is 4.69. The van der Waals surface area contributed by atoms with Crippen molar-refractivity contribution in [3.63, 3.8) is 0 Å². The summed E-state index contributed by atoms with van der Waals surface area (Å²) in [4.78, 5) is 14.2. The third-order valence-electron chi connectivity index (χ3n) is 3.30. The summed E-state index contributed by atoms with van der Waals surface area (Å²) < 4.78 is 0. The number of thioether (sulfide) groups is 1. The van der Waals surface area contributed by atoms with Gasteiger partial charge in [-0.25, -0.2) is 9.97 Å². The molecule has 1 aromatic carbocycles. The first-order chi connectivity index (χ1) is 10.7. The summed E-state index contributed by atoms with van der Waals surface area (Å²) in [7, 11) is 0. The Bertz CT molecular complexity index is 761. The number of aryl methyl sites for hydroxylation is 2. The van der Waals surface area contributed by atoms with Gasteiger partial charge in [-0.1, -0.05) is 0 Å². The number of hydrogen-bond donors (Lipinski definition) is 1. The van der Waals surface area contributed by atoms with Gasteiger partial charge in [-0.2, -0.15) is 0 Å². The first-order valence-electron chi connectivity index (χ1n) is 6.81. The molecule has 0 spiro atoms. The van der Waals surface area contributed by atoms with E-state index in [0.717, 1.165) is 10.8 Å². The molecule has 0 amide bonds. The maximum Gasteiger partial charge on any atom is 0.188 e. The Labute approximate surface area is 138 Å². The molecule has 0 aliphatic heterocycles. The van der Waals surface area contributed by atoms with E-state index in [2.05, 4.69) is 57.9 Å². The van der Waals surface area contributed by atoms with Gasteiger partial charge in [0.15, 0.2) is 10.9 Å². The number of nitrogens with one attached hydrogen (secondary N) is 1. The molecule has 2 heterocycles. The average Bonchev–Trinajstić information content (AvgIpc) is 2.95. The second-order valence-corrected chi connectivity index (χ2v) is 6.63. The molecule has 22 heavy (non-hydrogen) atoms. The highest BCUT2D eigenvalue weighted by molar-refractivity contribution is 7.98. The normalized spacial score (nSPS) is 10.7. The lowest BCUT2D eigenvalue weighted by Crippen LogP contribution is -1.94. The zero-order valence-electron chi connectivity index (χ0n) is 12.6. The highest BCUT2D eigenvalue weighted by Gasteiger charge is 2.11. The fraction of sp³-hybridized carbons (Fsp3) is 0.188. The zero-order chi connectivity index (χ0) is 15.5. The smallest absolute Gasteiger partial charge is 0.188 e. The predicted molar refractivity (Wildman–Crippen MR) is 94.1 cm³/mol. The van der Waals surface area contributed by atoms with E-state index in [1.165, 1.54) is 21.6 Å². The summed E-state index contributed by atoms with van der Waals surface area (Å²) >= 11 is 3.33. The van der Waals surface area contributed by atoms with Crippen molar-refractivity contribution in [1.82, 2.24) is 15.0 Å². The SMILES string of the molecule is CSc1cc(C)c(-c2csc(Nc3cnccn3)n2)c(C)c1. The van der Waals surface area contributed by atoms with Crippen molar-refractivity contribution in [2.75, 3.05) is 11.6 Å². The van der Waals surface area contributed by atoms with Crippen molar-refractivity contribution >= 4 is 34.0 Å². The van der Waals surface area contributed by atoms with E-state index >= 15 is 0 Å². The van der Waals surface area contributed by atoms with Crippen LogP contribution in [0.2, 0.25) is 0 Å². The zero-order valence-corrected chi connectivity index (χ0v) is 14.3. The highest BCUT2D eigenvalue weighted by atomic mass is 32.2. The lowest BCUT2D eigenvalue weighted by atomic mass is 10.0. The summed E-state index contributed by atoms with van der Waals surface area (Å²) in [5, 5.41) is 6.08. The van der Waals surface area contributed by atoms with E-state index in [1.807, 2.05) is 0 Å². The molecule has 0 unspecified atom stereocenters. The van der Waals surface area contributed by atoms with Crippen LogP contribution in [0.1, 0.15) is 11.1 Å². The first-order valence-corrected chi connectivity index (χ1v) is 8.92. The number of rotatable bonds is 4. The van der Waals surface area contributed by atoms with Gasteiger partial charge in [0.2, 0.25) is 0 Å². The van der Waals surface area contributed by atoms with Crippen LogP contribution in [0.4, 0.5) is 10.9 Å². The second kappa shape index (κ2) is 6.46. The third-order valence-corrected chi connectivity index (χ3v) is 4.77. The van der Waals surface area contributed by atoms with Crippen LogP contribution < -0.4 is 5.32 Å². The Balaban J connectivity index is 1.91. The van der Waals surface area contributed by atoms with Crippen LogP contribution in [0.25, 0.3) is 11.3 Å². The van der Waals surface area contributed by atoms with Crippen molar-refractivity contribution in [2.45, 2.75) is 18.7 Å². The predicted octanol–water partition coefficient (Wildman–Crippen LogP) is 4.68. The van der Waals surface area contributed by atoms with Crippen LogP contribution in [0.3, 0.4) is 0 Å². The van der Waals surface area contributed by atoms with Gasteiger partial charge in [-0.3, -0.25) is 4.98 Å². The Morgan fingerprint density at radius 3 is 2.55 bits per heavy atom. The third kappa shape index (κ3) is 3.13. The van der Waals surface area contributed by atoms with Gasteiger partial charge in [-0.05, 0) is 43.4 Å². The minimum atomic E-state index is 0.703. The van der Waals surface area contributed by atoms with E-state index in [0.29, 0.717) is 5.82 Å². The average molecular weight is 328 g/mol. The molecule has 3 rings (SSSR count). The lowest BCUT2D eigenvalue weighted by Gasteiger charge is -2.09. The van der Waals surface area contributed by atoms with E-state index in [1.54, 1.807) is 41.7 Å². The van der Waals surface area contributed by atoms with Crippen molar-refractivity contribution in [1.29, 1.82) is 0 Å². The van der Waals surface area contributed by atoms with Gasteiger partial charge >= 0.3 is 0 Å². The molecule has 0 bridgehead atoms. The fourth-order valence-electron chi connectivity index (χ4n) is 2.36. The summed E-state index contributed by atoms with van der Waals surface area (Å²) in [5.41, 5.74) is 4.71. The van der Waals surface area contributed by atoms with Crippen molar-refractivity contribution in [3.8, 4) is 11.3 Å². The molecule has 0 aliphatic rings. The minimum absolute atomic E-state index is 0.703. The van der Waals surface area contributed by atoms with Gasteiger partial charge in [0.1, 0.15) is 0 Å². The number of hydrogen-bond acceptors (Lipinski definition) is 6. The highest BCUT2D eigenvalue weighted by Crippen LogP contribution is 2.33. The van der Waals surface area contributed by atoms with Crippen LogP contribution >= 0.6 is 23.1 Å². The molecule has 0 radical (unpaired) electrons. The minimum Gasteiger partial charge on any atom is -0.315 e. The number of anilines is 2. The van der Waals surface area contributed by atoms with Crippen molar-refractivity contribution in [3.05, 3.63) is 47.2 Å². The molecule has 0 aliphatic carbocycles. The Hall–Kier alpha value is -1.92. The molecule has 0 saturated carbocycles. The Kier molecular flexibility index (Phi) is 4.40. The molecule has 1 N–H and O–H groups in total. The van der Waals surface area contributed by atoms with Gasteiger partial charge in [0, 0.05) is 28.2 Å². The molecular weight excluding hydrogens is 312 g/mol. The molecule has 0 saturated heterocycles. The molecule has 3 aromatic rings. The van der Waals surface area contributed by atoms with Gasteiger partial charge in [0.25, 0.3) is 0 Å². The molecule has 6 heteroatoms. The number of benzene rings is 1. The molecule has 4 nitrogen and oxygen atoms in total. The number of nitrogens with zero attached hydrogens (tertiary/aromatic N) is 3. The van der Waals surface area contributed by atoms with Crippen LogP contribution in [-0.4, -0.2) is 21.2 Å². The quantitative estimate of drug-likeness (QED) is 0.705. The molecule has 112 valence electrons. The van der Waals surface area contributed by atoms with Gasteiger partial charge in [0.05, 0.1) is 11.9 Å². The van der Waals surface area contributed by atoms with Gasteiger partial charge in [-0.15, -0.1) is 23.1 Å². The topological polar surface area (TPSA) is 50.7 Å². The summed E-state index contributed by atoms with van der Waals surface area (Å²) in [6.45, 7) is 4.27. The Morgan fingerprint density at radius 2 is 1.91 bits per heavy atom. The maximum absolute atomic E-state index is 4.69. The first kappa shape index (κ1) is 15.0. The van der Waals surface area contributed by atoms with Crippen LogP contribution in [0, 0.1) is 13.8 Å². The molecule has 2 aromatic heterocycles. The molecule has 0 fully saturated rings. The van der Waals surface area contributed by atoms with Crippen LogP contribution in [0.5, 0.6) is 0 Å². The van der Waals surface area contributed by atoms with E-state index in [4.69, 9.17) is 0 Å². The van der Waals surface area contributed by atoms with Crippen molar-refractivity contribution in [2.24, 2.45) is 0 Å². The summed E-state index contributed by atoms with van der Waals surface area (Å²) in [6, 6.07) is 4.42. The van der Waals surface area contributed by atoms with Crippen LogP contribution in [-0.2, 0) is 0 Å². The Morgan fingerprint density at radius 1 is 1.14 bits per heavy atom. The lowest BCUT2D eigenvalue weighted by molar-refractivity contribution is 1.19. The van der Waals surface area contributed by atoms with E-state index in [9.17, 15) is 0 Å². The number of thiazole rings is 1. The second-order valence-electron chi connectivity index (χ2n) is 4.89. The van der Waals surface area contributed by atoms with Crippen LogP contribution in [0.15, 0.2) is 41.0 Å².